The third-order valence-electron chi connectivity index (χ3n) is 6.15. The van der Waals surface area contributed by atoms with Crippen LogP contribution in [0.15, 0.2) is 0 Å². The maximum absolute atomic E-state index is 11.8. The largest absolute Gasteiger partial charge is 0.347 e. The number of hydrogen-bond donors (Lipinski definition) is 0. The summed E-state index contributed by atoms with van der Waals surface area (Å²) in [4.78, 5) is 11.8. The number of ether oxygens (including phenoxy) is 2. The molecule has 0 aromatic rings. The molecule has 1 saturated heterocycles. The second-order valence-corrected chi connectivity index (χ2v) is 7.56. The third-order valence-corrected chi connectivity index (χ3v) is 6.15. The molecule has 1 aliphatic heterocycles. The molecule has 0 bridgehead atoms. The molecule has 0 N–H and O–H groups in total. The molecular weight excluding hydrogens is 240 g/mol. The summed E-state index contributed by atoms with van der Waals surface area (Å²) in [6.07, 6.45) is 6.72. The van der Waals surface area contributed by atoms with Crippen LogP contribution in [0.25, 0.3) is 0 Å². The Morgan fingerprint density at radius 1 is 1.05 bits per heavy atom. The van der Waals surface area contributed by atoms with Gasteiger partial charge in [0.2, 0.25) is 0 Å². The van der Waals surface area contributed by atoms with Crippen molar-refractivity contribution < 1.29 is 14.3 Å². The van der Waals surface area contributed by atoms with Crippen LogP contribution in [-0.4, -0.2) is 25.3 Å². The Morgan fingerprint density at radius 3 is 2.37 bits per heavy atom. The normalized spacial score (nSPS) is 43.9. The van der Waals surface area contributed by atoms with Gasteiger partial charge in [-0.05, 0) is 36.0 Å². The number of rotatable bonds is 1. The van der Waals surface area contributed by atoms with E-state index < -0.39 is 5.79 Å². The van der Waals surface area contributed by atoms with E-state index in [1.165, 1.54) is 12.8 Å². The first-order valence-corrected chi connectivity index (χ1v) is 7.68. The molecule has 3 atom stereocenters. The van der Waals surface area contributed by atoms with Crippen LogP contribution in [0, 0.1) is 22.7 Å². The van der Waals surface area contributed by atoms with E-state index in [0.29, 0.717) is 24.5 Å². The Bertz CT molecular complexity index is 370. The molecule has 3 rings (SSSR count). The van der Waals surface area contributed by atoms with Crippen LogP contribution in [0.2, 0.25) is 0 Å². The topological polar surface area (TPSA) is 35.5 Å². The number of carbonyl (C=O) groups excluding carboxylic acids is 1. The number of aldehydes is 1. The molecule has 0 aromatic carbocycles. The van der Waals surface area contributed by atoms with Crippen molar-refractivity contribution in [1.29, 1.82) is 0 Å². The molecule has 0 amide bonds. The Labute approximate surface area is 116 Å². The van der Waals surface area contributed by atoms with Crippen molar-refractivity contribution in [2.75, 3.05) is 13.2 Å². The SMILES string of the molecule is CC1(C)CCC[C@@]2(C)[C@H]1CCC1(OCCO1)[C@@H]2C=O. The molecule has 19 heavy (non-hydrogen) atoms. The minimum atomic E-state index is -0.611. The van der Waals surface area contributed by atoms with E-state index in [9.17, 15) is 4.79 Å². The van der Waals surface area contributed by atoms with E-state index in [4.69, 9.17) is 9.47 Å². The van der Waals surface area contributed by atoms with Gasteiger partial charge in [-0.3, -0.25) is 0 Å². The van der Waals surface area contributed by atoms with Gasteiger partial charge in [-0.25, -0.2) is 0 Å². The first-order chi connectivity index (χ1) is 8.95. The zero-order valence-corrected chi connectivity index (χ0v) is 12.4. The van der Waals surface area contributed by atoms with Crippen LogP contribution in [0.4, 0.5) is 0 Å². The fraction of sp³-hybridized carbons (Fsp3) is 0.938. The first kappa shape index (κ1) is 13.6. The average molecular weight is 266 g/mol. The lowest BCUT2D eigenvalue weighted by atomic mass is 9.47. The molecule has 2 saturated carbocycles. The average Bonchev–Trinajstić information content (AvgIpc) is 2.77. The number of carbonyl (C=O) groups is 1. The van der Waals surface area contributed by atoms with Crippen LogP contribution in [0.5, 0.6) is 0 Å². The quantitative estimate of drug-likeness (QED) is 0.684. The van der Waals surface area contributed by atoms with Gasteiger partial charge in [0.05, 0.1) is 19.1 Å². The van der Waals surface area contributed by atoms with Gasteiger partial charge in [-0.1, -0.05) is 27.2 Å². The van der Waals surface area contributed by atoms with Gasteiger partial charge in [0.1, 0.15) is 6.29 Å². The summed E-state index contributed by atoms with van der Waals surface area (Å²) in [5.41, 5.74) is 0.362. The fourth-order valence-electron chi connectivity index (χ4n) is 5.32. The molecular formula is C16H26O3. The highest BCUT2D eigenvalue weighted by Crippen LogP contribution is 2.62. The minimum Gasteiger partial charge on any atom is -0.347 e. The number of fused-ring (bicyclic) bond motifs is 1. The predicted octanol–water partition coefficient (Wildman–Crippen LogP) is 3.17. The lowest BCUT2D eigenvalue weighted by molar-refractivity contribution is -0.259. The highest BCUT2D eigenvalue weighted by molar-refractivity contribution is 5.58. The zero-order chi connectivity index (χ0) is 13.7. The van der Waals surface area contributed by atoms with E-state index in [1.807, 2.05) is 0 Å². The van der Waals surface area contributed by atoms with Gasteiger partial charge in [0.25, 0.3) is 0 Å². The van der Waals surface area contributed by atoms with Crippen LogP contribution >= 0.6 is 0 Å². The summed E-state index contributed by atoms with van der Waals surface area (Å²) >= 11 is 0. The van der Waals surface area contributed by atoms with Crippen LogP contribution in [-0.2, 0) is 14.3 Å². The lowest BCUT2D eigenvalue weighted by Crippen LogP contribution is -2.59. The molecule has 2 aliphatic carbocycles. The standard InChI is InChI=1S/C16H26O3/c1-14(2)6-4-7-15(3)12(14)5-8-16(13(15)11-17)18-9-10-19-16/h11-13H,4-10H2,1-3H3/t12-,13+,15-/m0/s1. The molecule has 0 unspecified atom stereocenters. The Morgan fingerprint density at radius 2 is 1.74 bits per heavy atom. The van der Waals surface area contributed by atoms with E-state index in [-0.39, 0.29) is 11.3 Å². The highest BCUT2D eigenvalue weighted by atomic mass is 16.7. The lowest BCUT2D eigenvalue weighted by Gasteiger charge is -2.59. The maximum atomic E-state index is 11.8. The van der Waals surface area contributed by atoms with Crippen molar-refractivity contribution in [3.63, 3.8) is 0 Å². The van der Waals surface area contributed by atoms with Crippen molar-refractivity contribution in [2.45, 2.75) is 58.7 Å². The van der Waals surface area contributed by atoms with Crippen LogP contribution in [0.3, 0.4) is 0 Å². The smallest absolute Gasteiger partial charge is 0.178 e. The molecule has 3 heteroatoms. The van der Waals surface area contributed by atoms with Gasteiger partial charge < -0.3 is 14.3 Å². The van der Waals surface area contributed by atoms with Crippen LogP contribution in [0.1, 0.15) is 52.9 Å². The molecule has 1 spiro atoms. The molecule has 0 aromatic heterocycles. The summed E-state index contributed by atoms with van der Waals surface area (Å²) < 4.78 is 11.8. The maximum Gasteiger partial charge on any atom is 0.178 e. The second-order valence-electron chi connectivity index (χ2n) is 7.56. The molecule has 108 valence electrons. The summed E-state index contributed by atoms with van der Waals surface area (Å²) in [6.45, 7) is 8.29. The van der Waals surface area contributed by atoms with E-state index in [1.54, 1.807) is 0 Å². The van der Waals surface area contributed by atoms with Crippen LogP contribution < -0.4 is 0 Å². The summed E-state index contributed by atoms with van der Waals surface area (Å²) in [7, 11) is 0. The molecule has 0 radical (unpaired) electrons. The van der Waals surface area contributed by atoms with Crippen molar-refractivity contribution in [3.05, 3.63) is 0 Å². The minimum absolute atomic E-state index is 0.0338. The Balaban J connectivity index is 1.99. The second kappa shape index (κ2) is 4.29. The van der Waals surface area contributed by atoms with Crippen molar-refractivity contribution >= 4 is 6.29 Å². The fourth-order valence-corrected chi connectivity index (χ4v) is 5.32. The van der Waals surface area contributed by atoms with Gasteiger partial charge >= 0.3 is 0 Å². The zero-order valence-electron chi connectivity index (χ0n) is 12.4. The summed E-state index contributed by atoms with van der Waals surface area (Å²) in [5, 5.41) is 0. The van der Waals surface area contributed by atoms with Crippen molar-refractivity contribution in [3.8, 4) is 0 Å². The van der Waals surface area contributed by atoms with Crippen molar-refractivity contribution in [1.82, 2.24) is 0 Å². The van der Waals surface area contributed by atoms with E-state index in [0.717, 1.165) is 25.5 Å². The summed E-state index contributed by atoms with van der Waals surface area (Å²) in [6, 6.07) is 0. The molecule has 3 nitrogen and oxygen atoms in total. The van der Waals surface area contributed by atoms with E-state index >= 15 is 0 Å². The number of hydrogen-bond acceptors (Lipinski definition) is 3. The van der Waals surface area contributed by atoms with Gasteiger partial charge in [-0.15, -0.1) is 0 Å². The predicted molar refractivity (Wildman–Crippen MR) is 72.7 cm³/mol. The van der Waals surface area contributed by atoms with Gasteiger partial charge in [0, 0.05) is 6.42 Å². The molecule has 3 fully saturated rings. The van der Waals surface area contributed by atoms with Gasteiger partial charge in [-0.2, -0.15) is 0 Å². The molecule has 1 heterocycles. The van der Waals surface area contributed by atoms with Crippen molar-refractivity contribution in [2.24, 2.45) is 22.7 Å². The van der Waals surface area contributed by atoms with Gasteiger partial charge in [0.15, 0.2) is 5.79 Å². The third kappa shape index (κ3) is 1.81. The Hall–Kier alpha value is -0.410. The molecule has 3 aliphatic rings. The highest BCUT2D eigenvalue weighted by Gasteiger charge is 2.62. The van der Waals surface area contributed by atoms with E-state index in [2.05, 4.69) is 20.8 Å². The Kier molecular flexibility index (Phi) is 3.06. The first-order valence-electron chi connectivity index (χ1n) is 7.68. The summed E-state index contributed by atoms with van der Waals surface area (Å²) in [5.74, 6) is -0.122. The monoisotopic (exact) mass is 266 g/mol.